The molecule has 0 saturated carbocycles. The van der Waals surface area contributed by atoms with Gasteiger partial charge in [0.15, 0.2) is 0 Å². The van der Waals surface area contributed by atoms with E-state index in [1.165, 1.54) is 25.6 Å². The van der Waals surface area contributed by atoms with E-state index in [2.05, 4.69) is 0 Å². The highest BCUT2D eigenvalue weighted by Gasteiger charge is 2.22. The second kappa shape index (κ2) is 4.72. The summed E-state index contributed by atoms with van der Waals surface area (Å²) in [5.74, 6) is -0.245. The molecule has 1 aromatic rings. The number of methoxy groups -OCH3 is 2. The van der Waals surface area contributed by atoms with Gasteiger partial charge in [-0.25, -0.2) is 0 Å². The lowest BCUT2D eigenvalue weighted by molar-refractivity contribution is -0.0739. The van der Waals surface area contributed by atoms with Crippen molar-refractivity contribution in [1.82, 2.24) is 0 Å². The average Bonchev–Trinajstić information content (AvgIpc) is 2.53. The monoisotopic (exact) mass is 220 g/mol. The van der Waals surface area contributed by atoms with Crippen LogP contribution in [-0.2, 0) is 9.47 Å². The molecule has 0 radical (unpaired) electrons. The van der Waals surface area contributed by atoms with Crippen LogP contribution in [0.25, 0.3) is 0 Å². The molecule has 1 aromatic heterocycles. The van der Waals surface area contributed by atoms with E-state index in [1.54, 1.807) is 11.4 Å². The van der Waals surface area contributed by atoms with Crippen molar-refractivity contribution in [2.24, 2.45) is 0 Å². The van der Waals surface area contributed by atoms with Gasteiger partial charge in [0.05, 0.1) is 9.90 Å². The Bertz CT molecular complexity index is 293. The van der Waals surface area contributed by atoms with Crippen molar-refractivity contribution < 1.29 is 14.3 Å². The van der Waals surface area contributed by atoms with Crippen LogP contribution in [0, 0.1) is 0 Å². The molecule has 1 rings (SSSR count). The maximum Gasteiger partial charge on any atom is 0.230 e. The summed E-state index contributed by atoms with van der Waals surface area (Å²) in [6.45, 7) is 0. The Morgan fingerprint density at radius 2 is 2.15 bits per heavy atom. The molecule has 0 aromatic carbocycles. The fraction of sp³-hybridized carbons (Fsp3) is 0.375. The van der Waals surface area contributed by atoms with E-state index in [-0.39, 0.29) is 5.78 Å². The van der Waals surface area contributed by atoms with Crippen LogP contribution in [0.1, 0.15) is 9.67 Å². The van der Waals surface area contributed by atoms with Crippen molar-refractivity contribution >= 4 is 28.7 Å². The van der Waals surface area contributed by atoms with Crippen LogP contribution in [0.2, 0.25) is 5.02 Å². The highest BCUT2D eigenvalue weighted by atomic mass is 35.5. The molecule has 0 fully saturated rings. The van der Waals surface area contributed by atoms with Crippen molar-refractivity contribution in [1.29, 1.82) is 0 Å². The summed E-state index contributed by atoms with van der Waals surface area (Å²) in [6, 6.07) is 1.67. The molecule has 0 amide bonds. The van der Waals surface area contributed by atoms with Gasteiger partial charge in [0.1, 0.15) is 0 Å². The minimum atomic E-state index is -0.865. The molecule has 0 aliphatic carbocycles. The molecule has 0 spiro atoms. The third-order valence-corrected chi connectivity index (χ3v) is 2.84. The molecule has 0 N–H and O–H groups in total. The summed E-state index contributed by atoms with van der Waals surface area (Å²) in [5.41, 5.74) is 0. The van der Waals surface area contributed by atoms with E-state index < -0.39 is 6.29 Å². The summed E-state index contributed by atoms with van der Waals surface area (Å²) in [7, 11) is 2.82. The summed E-state index contributed by atoms with van der Waals surface area (Å²) in [5, 5.41) is 2.19. The first kappa shape index (κ1) is 10.7. The fourth-order valence-electron chi connectivity index (χ4n) is 0.887. The molecule has 72 valence electrons. The van der Waals surface area contributed by atoms with Crippen molar-refractivity contribution in [3.8, 4) is 0 Å². The van der Waals surface area contributed by atoms with Gasteiger partial charge in [0.2, 0.25) is 12.1 Å². The summed E-state index contributed by atoms with van der Waals surface area (Å²) in [4.78, 5) is 12.0. The van der Waals surface area contributed by atoms with Gasteiger partial charge in [-0.15, -0.1) is 11.3 Å². The smallest absolute Gasteiger partial charge is 0.230 e. The van der Waals surface area contributed by atoms with Crippen LogP contribution in [-0.4, -0.2) is 26.3 Å². The third kappa shape index (κ3) is 2.28. The zero-order chi connectivity index (χ0) is 9.84. The first-order valence-corrected chi connectivity index (χ1v) is 4.79. The van der Waals surface area contributed by atoms with Gasteiger partial charge in [0, 0.05) is 14.2 Å². The molecular weight excluding hydrogens is 212 g/mol. The zero-order valence-electron chi connectivity index (χ0n) is 7.24. The Labute approximate surface area is 85.2 Å². The number of hydrogen-bond donors (Lipinski definition) is 0. The molecule has 0 unspecified atom stereocenters. The summed E-state index contributed by atoms with van der Waals surface area (Å²) >= 11 is 7.05. The molecule has 1 heterocycles. The van der Waals surface area contributed by atoms with Gasteiger partial charge in [-0.2, -0.15) is 0 Å². The van der Waals surface area contributed by atoms with Crippen LogP contribution < -0.4 is 0 Å². The van der Waals surface area contributed by atoms with Crippen LogP contribution in [0.4, 0.5) is 0 Å². The molecule has 13 heavy (non-hydrogen) atoms. The molecular formula is C8H9ClO3S. The largest absolute Gasteiger partial charge is 0.349 e. The molecule has 0 atom stereocenters. The Balaban J connectivity index is 2.84. The van der Waals surface area contributed by atoms with Crippen LogP contribution in [0.3, 0.4) is 0 Å². The predicted molar refractivity (Wildman–Crippen MR) is 51.5 cm³/mol. The van der Waals surface area contributed by atoms with Crippen LogP contribution in [0.15, 0.2) is 11.4 Å². The lowest BCUT2D eigenvalue weighted by atomic mass is 10.3. The number of ether oxygens (including phenoxy) is 2. The first-order chi connectivity index (χ1) is 6.20. The molecule has 5 heteroatoms. The topological polar surface area (TPSA) is 35.5 Å². The van der Waals surface area contributed by atoms with Gasteiger partial charge >= 0.3 is 0 Å². The van der Waals surface area contributed by atoms with Crippen molar-refractivity contribution in [3.63, 3.8) is 0 Å². The number of thiophene rings is 1. The maximum absolute atomic E-state index is 11.6. The van der Waals surface area contributed by atoms with Gasteiger partial charge in [-0.3, -0.25) is 4.79 Å². The predicted octanol–water partition coefficient (Wildman–Crippen LogP) is 2.20. The summed E-state index contributed by atoms with van der Waals surface area (Å²) < 4.78 is 9.63. The second-order valence-electron chi connectivity index (χ2n) is 2.27. The number of carbonyl (C=O) groups excluding carboxylic acids is 1. The minimum Gasteiger partial charge on any atom is -0.349 e. The Morgan fingerprint density at radius 3 is 2.54 bits per heavy atom. The zero-order valence-corrected chi connectivity index (χ0v) is 8.82. The Hall–Kier alpha value is -0.420. The summed E-state index contributed by atoms with van der Waals surface area (Å²) in [6.07, 6.45) is -0.865. The number of carbonyl (C=O) groups is 1. The SMILES string of the molecule is COC(OC)C(=O)c1sccc1Cl. The van der Waals surface area contributed by atoms with E-state index >= 15 is 0 Å². The van der Waals surface area contributed by atoms with Crippen molar-refractivity contribution in [2.75, 3.05) is 14.2 Å². The number of Topliss-reactive ketones (excluding diaryl/α,β-unsaturated/α-hetero) is 1. The molecule has 3 nitrogen and oxygen atoms in total. The Morgan fingerprint density at radius 1 is 1.54 bits per heavy atom. The first-order valence-electron chi connectivity index (χ1n) is 3.53. The van der Waals surface area contributed by atoms with Crippen LogP contribution >= 0.6 is 22.9 Å². The van der Waals surface area contributed by atoms with Gasteiger partial charge < -0.3 is 9.47 Å². The van der Waals surface area contributed by atoms with Gasteiger partial charge in [-0.1, -0.05) is 11.6 Å². The van der Waals surface area contributed by atoms with E-state index in [4.69, 9.17) is 21.1 Å². The third-order valence-electron chi connectivity index (χ3n) is 1.48. The number of ketones is 1. The normalized spacial score (nSPS) is 10.8. The minimum absolute atomic E-state index is 0.245. The number of hydrogen-bond acceptors (Lipinski definition) is 4. The van der Waals surface area contributed by atoms with Gasteiger partial charge in [0.25, 0.3) is 0 Å². The van der Waals surface area contributed by atoms with Crippen molar-refractivity contribution in [2.45, 2.75) is 6.29 Å². The fourth-order valence-corrected chi connectivity index (χ4v) is 1.98. The average molecular weight is 221 g/mol. The Kier molecular flexibility index (Phi) is 3.87. The molecule has 0 saturated heterocycles. The number of halogens is 1. The molecule has 0 aliphatic heterocycles. The number of rotatable bonds is 4. The van der Waals surface area contributed by atoms with E-state index in [0.29, 0.717) is 9.90 Å². The highest BCUT2D eigenvalue weighted by Crippen LogP contribution is 2.24. The van der Waals surface area contributed by atoms with Crippen LogP contribution in [0.5, 0.6) is 0 Å². The van der Waals surface area contributed by atoms with Gasteiger partial charge in [-0.05, 0) is 11.4 Å². The molecule has 0 aliphatic rings. The van der Waals surface area contributed by atoms with Crippen molar-refractivity contribution in [3.05, 3.63) is 21.3 Å². The van der Waals surface area contributed by atoms with E-state index in [9.17, 15) is 4.79 Å². The standard InChI is InChI=1S/C8H9ClO3S/c1-11-8(12-2)6(10)7-5(9)3-4-13-7/h3-4,8H,1-2H3. The molecule has 0 bridgehead atoms. The van der Waals surface area contributed by atoms with E-state index in [0.717, 1.165) is 0 Å². The second-order valence-corrected chi connectivity index (χ2v) is 3.59. The maximum atomic E-state index is 11.6. The highest BCUT2D eigenvalue weighted by molar-refractivity contribution is 7.12. The lowest BCUT2D eigenvalue weighted by Crippen LogP contribution is -2.24. The van der Waals surface area contributed by atoms with E-state index in [1.807, 2.05) is 0 Å². The quantitative estimate of drug-likeness (QED) is 0.577. The lowest BCUT2D eigenvalue weighted by Gasteiger charge is -2.10.